The van der Waals surface area contributed by atoms with Gasteiger partial charge in [-0.25, -0.2) is 4.39 Å². The van der Waals surface area contributed by atoms with Crippen molar-refractivity contribution in [3.63, 3.8) is 0 Å². The second kappa shape index (κ2) is 7.10. The van der Waals surface area contributed by atoms with Gasteiger partial charge in [0.05, 0.1) is 11.1 Å². The number of benzene rings is 1. The fourth-order valence-corrected chi connectivity index (χ4v) is 1.92. The normalized spacial score (nSPS) is 11.6. The SMILES string of the molecule is CC(C)(CN)CCCCOc1ccc(F)c(Br)c1. The number of hydrogen-bond donors (Lipinski definition) is 1. The van der Waals surface area contributed by atoms with E-state index in [1.54, 1.807) is 12.1 Å². The van der Waals surface area contributed by atoms with E-state index in [0.717, 1.165) is 19.3 Å². The highest BCUT2D eigenvalue weighted by Gasteiger charge is 2.14. The molecule has 0 saturated heterocycles. The Hall–Kier alpha value is -0.610. The van der Waals surface area contributed by atoms with Crippen LogP contribution < -0.4 is 10.5 Å². The topological polar surface area (TPSA) is 35.2 Å². The fourth-order valence-electron chi connectivity index (χ4n) is 1.56. The van der Waals surface area contributed by atoms with Gasteiger partial charge in [-0.3, -0.25) is 0 Å². The molecule has 0 atom stereocenters. The molecule has 0 aromatic heterocycles. The summed E-state index contributed by atoms with van der Waals surface area (Å²) in [7, 11) is 0. The summed E-state index contributed by atoms with van der Waals surface area (Å²) in [6, 6.07) is 4.69. The molecule has 2 nitrogen and oxygen atoms in total. The van der Waals surface area contributed by atoms with Crippen LogP contribution in [0.1, 0.15) is 33.1 Å². The summed E-state index contributed by atoms with van der Waals surface area (Å²) >= 11 is 3.14. The molecule has 102 valence electrons. The van der Waals surface area contributed by atoms with Crippen LogP contribution in [0.25, 0.3) is 0 Å². The molecule has 1 aromatic rings. The molecule has 0 saturated carbocycles. The Morgan fingerprint density at radius 2 is 2.06 bits per heavy atom. The fraction of sp³-hybridized carbons (Fsp3) is 0.571. The molecule has 0 aliphatic heterocycles. The molecular weight excluding hydrogens is 297 g/mol. The molecule has 18 heavy (non-hydrogen) atoms. The van der Waals surface area contributed by atoms with Gasteiger partial charge in [-0.05, 0) is 65.4 Å². The Labute approximate surface area is 117 Å². The minimum Gasteiger partial charge on any atom is -0.494 e. The zero-order valence-electron chi connectivity index (χ0n) is 11.0. The van der Waals surface area contributed by atoms with Crippen molar-refractivity contribution in [2.45, 2.75) is 33.1 Å². The molecule has 2 N–H and O–H groups in total. The van der Waals surface area contributed by atoms with Gasteiger partial charge < -0.3 is 10.5 Å². The lowest BCUT2D eigenvalue weighted by molar-refractivity contribution is 0.278. The van der Waals surface area contributed by atoms with E-state index in [2.05, 4.69) is 29.8 Å². The Bertz CT molecular complexity index is 382. The summed E-state index contributed by atoms with van der Waals surface area (Å²) in [5.41, 5.74) is 5.88. The van der Waals surface area contributed by atoms with Crippen molar-refractivity contribution in [2.75, 3.05) is 13.2 Å². The van der Waals surface area contributed by atoms with E-state index in [1.165, 1.54) is 6.07 Å². The number of ether oxygens (including phenoxy) is 1. The molecule has 0 aliphatic carbocycles. The predicted octanol–water partition coefficient (Wildman–Crippen LogP) is 4.12. The molecule has 0 radical (unpaired) electrons. The van der Waals surface area contributed by atoms with Crippen LogP contribution >= 0.6 is 15.9 Å². The number of hydrogen-bond acceptors (Lipinski definition) is 2. The third kappa shape index (κ3) is 5.36. The van der Waals surface area contributed by atoms with E-state index in [-0.39, 0.29) is 11.2 Å². The molecule has 0 bridgehead atoms. The van der Waals surface area contributed by atoms with Gasteiger partial charge in [0.2, 0.25) is 0 Å². The van der Waals surface area contributed by atoms with Gasteiger partial charge in [-0.1, -0.05) is 13.8 Å². The van der Waals surface area contributed by atoms with E-state index in [1.807, 2.05) is 0 Å². The van der Waals surface area contributed by atoms with Crippen molar-refractivity contribution in [2.24, 2.45) is 11.1 Å². The van der Waals surface area contributed by atoms with Crippen LogP contribution in [0.2, 0.25) is 0 Å². The summed E-state index contributed by atoms with van der Waals surface area (Å²) in [6.45, 7) is 5.70. The lowest BCUT2D eigenvalue weighted by Crippen LogP contribution is -2.23. The van der Waals surface area contributed by atoms with Crippen LogP contribution in [-0.4, -0.2) is 13.2 Å². The van der Waals surface area contributed by atoms with Gasteiger partial charge in [-0.15, -0.1) is 0 Å². The Morgan fingerprint density at radius 3 is 2.67 bits per heavy atom. The Kier molecular flexibility index (Phi) is 6.09. The Morgan fingerprint density at radius 1 is 1.33 bits per heavy atom. The van der Waals surface area contributed by atoms with Gasteiger partial charge in [0.15, 0.2) is 0 Å². The maximum atomic E-state index is 13.0. The maximum Gasteiger partial charge on any atom is 0.137 e. The number of unbranched alkanes of at least 4 members (excludes halogenated alkanes) is 1. The van der Waals surface area contributed by atoms with Gasteiger partial charge in [0.25, 0.3) is 0 Å². The number of nitrogens with two attached hydrogens (primary N) is 1. The van der Waals surface area contributed by atoms with Crippen molar-refractivity contribution in [1.82, 2.24) is 0 Å². The van der Waals surface area contributed by atoms with Gasteiger partial charge in [0, 0.05) is 0 Å². The highest BCUT2D eigenvalue weighted by atomic mass is 79.9. The first-order valence-corrected chi connectivity index (χ1v) is 7.02. The van der Waals surface area contributed by atoms with Crippen molar-refractivity contribution >= 4 is 15.9 Å². The molecule has 0 heterocycles. The molecule has 0 unspecified atom stereocenters. The standard InChI is InChI=1S/C14H21BrFNO/c1-14(2,10-17)7-3-4-8-18-11-5-6-13(16)12(15)9-11/h5-6,9H,3-4,7-8,10,17H2,1-2H3. The first-order valence-electron chi connectivity index (χ1n) is 6.22. The lowest BCUT2D eigenvalue weighted by Gasteiger charge is -2.21. The second-order valence-corrected chi connectivity index (χ2v) is 6.10. The smallest absolute Gasteiger partial charge is 0.137 e. The van der Waals surface area contributed by atoms with Crippen molar-refractivity contribution < 1.29 is 9.13 Å². The summed E-state index contributed by atoms with van der Waals surface area (Å²) in [4.78, 5) is 0. The van der Waals surface area contributed by atoms with E-state index >= 15 is 0 Å². The van der Waals surface area contributed by atoms with Gasteiger partial charge >= 0.3 is 0 Å². The largest absolute Gasteiger partial charge is 0.494 e. The highest BCUT2D eigenvalue weighted by Crippen LogP contribution is 2.23. The van der Waals surface area contributed by atoms with Crippen LogP contribution in [0.15, 0.2) is 22.7 Å². The summed E-state index contributed by atoms with van der Waals surface area (Å²) < 4.78 is 19.0. The predicted molar refractivity (Wildman–Crippen MR) is 76.3 cm³/mol. The first-order chi connectivity index (χ1) is 8.44. The van der Waals surface area contributed by atoms with E-state index < -0.39 is 0 Å². The van der Waals surface area contributed by atoms with E-state index in [9.17, 15) is 4.39 Å². The monoisotopic (exact) mass is 317 g/mol. The first kappa shape index (κ1) is 15.4. The van der Waals surface area contributed by atoms with Gasteiger partial charge in [-0.2, -0.15) is 0 Å². The van der Waals surface area contributed by atoms with Gasteiger partial charge in [0.1, 0.15) is 11.6 Å². The third-order valence-corrected chi connectivity index (χ3v) is 3.57. The second-order valence-electron chi connectivity index (χ2n) is 5.25. The summed E-state index contributed by atoms with van der Waals surface area (Å²) in [6.07, 6.45) is 3.17. The average Bonchev–Trinajstić information content (AvgIpc) is 2.33. The van der Waals surface area contributed by atoms with Crippen molar-refractivity contribution in [3.05, 3.63) is 28.5 Å². The molecule has 1 rings (SSSR count). The molecule has 0 aliphatic rings. The molecule has 0 amide bonds. The maximum absolute atomic E-state index is 13.0. The van der Waals surface area contributed by atoms with Crippen LogP contribution in [0.4, 0.5) is 4.39 Å². The number of rotatable bonds is 7. The van der Waals surface area contributed by atoms with E-state index in [4.69, 9.17) is 10.5 Å². The van der Waals surface area contributed by atoms with Crippen LogP contribution in [-0.2, 0) is 0 Å². The number of halogens is 2. The summed E-state index contributed by atoms with van der Waals surface area (Å²) in [5, 5.41) is 0. The Balaban J connectivity index is 2.24. The van der Waals surface area contributed by atoms with E-state index in [0.29, 0.717) is 23.4 Å². The minimum atomic E-state index is -0.271. The van der Waals surface area contributed by atoms with Crippen molar-refractivity contribution in [1.29, 1.82) is 0 Å². The molecule has 4 heteroatoms. The van der Waals surface area contributed by atoms with Crippen molar-refractivity contribution in [3.8, 4) is 5.75 Å². The van der Waals surface area contributed by atoms with Crippen LogP contribution in [0, 0.1) is 11.2 Å². The highest BCUT2D eigenvalue weighted by molar-refractivity contribution is 9.10. The third-order valence-electron chi connectivity index (χ3n) is 2.96. The van der Waals surface area contributed by atoms with Crippen LogP contribution in [0.3, 0.4) is 0 Å². The summed E-state index contributed by atoms with van der Waals surface area (Å²) in [5.74, 6) is 0.424. The average molecular weight is 318 g/mol. The molecule has 1 aromatic carbocycles. The molecular formula is C14H21BrFNO. The van der Waals surface area contributed by atoms with Crippen LogP contribution in [0.5, 0.6) is 5.75 Å². The zero-order chi connectivity index (χ0) is 13.6. The minimum absolute atomic E-state index is 0.207. The molecule has 0 fully saturated rings. The quantitative estimate of drug-likeness (QED) is 0.768. The lowest BCUT2D eigenvalue weighted by atomic mass is 9.87. The zero-order valence-corrected chi connectivity index (χ0v) is 12.6. The molecule has 0 spiro atoms.